The molecule has 0 aliphatic carbocycles. The van der Waals surface area contributed by atoms with Gasteiger partial charge in [0.25, 0.3) is 0 Å². The standard InChI is InChI=1S/C13H11O7PS/c14-13(15)9-1-5-11(6-2-9)22(19,20)12-7-3-10(4-8-12)21(16,17)18/h1-8H,(H,14,15)(H2,16,17,18). The van der Waals surface area contributed by atoms with Crippen molar-refractivity contribution in [3.8, 4) is 0 Å². The molecule has 0 aliphatic heterocycles. The summed E-state index contributed by atoms with van der Waals surface area (Å²) in [7, 11) is -8.33. The van der Waals surface area contributed by atoms with Crippen molar-refractivity contribution in [3.63, 3.8) is 0 Å². The van der Waals surface area contributed by atoms with Crippen LogP contribution in [-0.4, -0.2) is 29.3 Å². The van der Waals surface area contributed by atoms with Gasteiger partial charge in [0.05, 0.1) is 20.7 Å². The molecular weight excluding hydrogens is 331 g/mol. The minimum atomic E-state index is -4.44. The molecule has 0 aromatic heterocycles. The summed E-state index contributed by atoms with van der Waals surface area (Å²) < 4.78 is 35.7. The third-order valence-electron chi connectivity index (χ3n) is 2.89. The summed E-state index contributed by atoms with van der Waals surface area (Å²) in [4.78, 5) is 28.5. The Labute approximate surface area is 125 Å². The summed E-state index contributed by atoms with van der Waals surface area (Å²) in [6.45, 7) is 0. The van der Waals surface area contributed by atoms with Crippen molar-refractivity contribution in [2.75, 3.05) is 0 Å². The van der Waals surface area contributed by atoms with Crippen LogP contribution in [0, 0.1) is 0 Å². The summed E-state index contributed by atoms with van der Waals surface area (Å²) >= 11 is 0. The Morgan fingerprint density at radius 2 is 1.27 bits per heavy atom. The lowest BCUT2D eigenvalue weighted by Crippen LogP contribution is -2.07. The first-order valence-electron chi connectivity index (χ1n) is 5.87. The van der Waals surface area contributed by atoms with E-state index >= 15 is 0 Å². The lowest BCUT2D eigenvalue weighted by Gasteiger charge is -2.07. The lowest BCUT2D eigenvalue weighted by atomic mass is 10.2. The fourth-order valence-electron chi connectivity index (χ4n) is 1.73. The van der Waals surface area contributed by atoms with Crippen LogP contribution in [-0.2, 0) is 14.4 Å². The molecule has 0 aliphatic rings. The van der Waals surface area contributed by atoms with Gasteiger partial charge in [-0.3, -0.25) is 4.57 Å². The van der Waals surface area contributed by atoms with E-state index < -0.39 is 23.4 Å². The molecule has 0 saturated carbocycles. The van der Waals surface area contributed by atoms with Crippen molar-refractivity contribution in [3.05, 3.63) is 54.1 Å². The van der Waals surface area contributed by atoms with E-state index in [4.69, 9.17) is 14.9 Å². The Bertz CT molecular complexity index is 848. The number of aromatic carboxylic acids is 1. The highest BCUT2D eigenvalue weighted by Crippen LogP contribution is 2.33. The Balaban J connectivity index is 2.42. The third kappa shape index (κ3) is 3.26. The van der Waals surface area contributed by atoms with Crippen LogP contribution in [0.3, 0.4) is 0 Å². The van der Waals surface area contributed by atoms with Gasteiger partial charge < -0.3 is 14.9 Å². The van der Waals surface area contributed by atoms with Crippen molar-refractivity contribution in [2.24, 2.45) is 0 Å². The number of hydrogen-bond donors (Lipinski definition) is 3. The van der Waals surface area contributed by atoms with Crippen molar-refractivity contribution < 1.29 is 32.7 Å². The number of carbonyl (C=O) groups is 1. The molecule has 22 heavy (non-hydrogen) atoms. The topological polar surface area (TPSA) is 129 Å². The molecule has 0 spiro atoms. The first kappa shape index (κ1) is 16.4. The van der Waals surface area contributed by atoms with E-state index in [2.05, 4.69) is 0 Å². The summed E-state index contributed by atoms with van der Waals surface area (Å²) in [6.07, 6.45) is 0. The normalized spacial score (nSPS) is 12.1. The number of sulfone groups is 1. The van der Waals surface area contributed by atoms with Crippen molar-refractivity contribution in [2.45, 2.75) is 9.79 Å². The van der Waals surface area contributed by atoms with Crippen molar-refractivity contribution >= 4 is 28.7 Å². The summed E-state index contributed by atoms with van der Waals surface area (Å²) in [6, 6.07) is 8.92. The van der Waals surface area contributed by atoms with Crippen LogP contribution in [0.25, 0.3) is 0 Å². The van der Waals surface area contributed by atoms with Gasteiger partial charge in [0, 0.05) is 0 Å². The van der Waals surface area contributed by atoms with Gasteiger partial charge in [-0.15, -0.1) is 0 Å². The minimum Gasteiger partial charge on any atom is -0.478 e. The Morgan fingerprint density at radius 1 is 0.864 bits per heavy atom. The summed E-state index contributed by atoms with van der Waals surface area (Å²) in [5.74, 6) is -1.17. The second-order valence-electron chi connectivity index (χ2n) is 4.37. The molecule has 3 N–H and O–H groups in total. The quantitative estimate of drug-likeness (QED) is 0.707. The number of rotatable bonds is 4. The van der Waals surface area contributed by atoms with Gasteiger partial charge >= 0.3 is 13.6 Å². The fourth-order valence-corrected chi connectivity index (χ4v) is 3.53. The maximum absolute atomic E-state index is 12.3. The molecule has 0 unspecified atom stereocenters. The molecule has 116 valence electrons. The van der Waals surface area contributed by atoms with Gasteiger partial charge in [-0.05, 0) is 48.5 Å². The molecule has 2 aromatic carbocycles. The van der Waals surface area contributed by atoms with Crippen LogP contribution in [0.5, 0.6) is 0 Å². The smallest absolute Gasteiger partial charge is 0.356 e. The maximum atomic E-state index is 12.3. The van der Waals surface area contributed by atoms with Gasteiger partial charge in [0.2, 0.25) is 9.84 Å². The first-order chi connectivity index (χ1) is 10.1. The van der Waals surface area contributed by atoms with Crippen molar-refractivity contribution in [1.82, 2.24) is 0 Å². The van der Waals surface area contributed by atoms with Crippen LogP contribution in [0.1, 0.15) is 10.4 Å². The van der Waals surface area contributed by atoms with E-state index in [-0.39, 0.29) is 20.7 Å². The van der Waals surface area contributed by atoms with Crippen LogP contribution in [0.4, 0.5) is 0 Å². The average Bonchev–Trinajstić information content (AvgIpc) is 2.46. The lowest BCUT2D eigenvalue weighted by molar-refractivity contribution is 0.0696. The van der Waals surface area contributed by atoms with Gasteiger partial charge in [-0.25, -0.2) is 13.2 Å². The molecule has 2 rings (SSSR count). The van der Waals surface area contributed by atoms with Crippen molar-refractivity contribution in [1.29, 1.82) is 0 Å². The highest BCUT2D eigenvalue weighted by atomic mass is 32.2. The Kier molecular flexibility index (Phi) is 4.21. The predicted molar refractivity (Wildman–Crippen MR) is 77.0 cm³/mol. The number of carboxylic acids is 1. The second kappa shape index (κ2) is 5.66. The minimum absolute atomic E-state index is 0.0456. The zero-order chi connectivity index (χ0) is 16.5. The molecule has 0 amide bonds. The van der Waals surface area contributed by atoms with E-state index in [9.17, 15) is 17.8 Å². The van der Waals surface area contributed by atoms with Crippen LogP contribution in [0.2, 0.25) is 0 Å². The highest BCUT2D eigenvalue weighted by Gasteiger charge is 2.21. The van der Waals surface area contributed by atoms with E-state index in [0.29, 0.717) is 0 Å². The first-order valence-corrected chi connectivity index (χ1v) is 8.96. The second-order valence-corrected chi connectivity index (χ2v) is 7.93. The van der Waals surface area contributed by atoms with Gasteiger partial charge in [0.1, 0.15) is 0 Å². The molecule has 0 atom stereocenters. The SMILES string of the molecule is O=C(O)c1ccc(S(=O)(=O)c2ccc(P(=O)(O)O)cc2)cc1. The van der Waals surface area contributed by atoms with Crippen LogP contribution >= 0.6 is 7.60 Å². The summed E-state index contributed by atoms with van der Waals surface area (Å²) in [5.41, 5.74) is -0.0456. The number of carboxylic acid groups (broad SMARTS) is 1. The monoisotopic (exact) mass is 342 g/mol. The Morgan fingerprint density at radius 3 is 1.64 bits per heavy atom. The molecule has 0 radical (unpaired) electrons. The molecule has 0 heterocycles. The molecule has 0 bridgehead atoms. The highest BCUT2D eigenvalue weighted by molar-refractivity contribution is 7.91. The number of benzene rings is 2. The van der Waals surface area contributed by atoms with E-state index in [1.807, 2.05) is 0 Å². The van der Waals surface area contributed by atoms with E-state index in [0.717, 1.165) is 36.4 Å². The van der Waals surface area contributed by atoms with Crippen LogP contribution in [0.15, 0.2) is 58.3 Å². The van der Waals surface area contributed by atoms with E-state index in [1.54, 1.807) is 0 Å². The maximum Gasteiger partial charge on any atom is 0.356 e. The predicted octanol–water partition coefficient (Wildman–Crippen LogP) is 1.02. The molecule has 0 saturated heterocycles. The third-order valence-corrected chi connectivity index (χ3v) is 5.65. The number of hydrogen-bond acceptors (Lipinski definition) is 4. The van der Waals surface area contributed by atoms with Gasteiger partial charge in [-0.2, -0.15) is 0 Å². The summed E-state index contributed by atoms with van der Waals surface area (Å²) in [5, 5.41) is 8.49. The van der Waals surface area contributed by atoms with Gasteiger partial charge in [0.15, 0.2) is 0 Å². The largest absolute Gasteiger partial charge is 0.478 e. The molecule has 2 aromatic rings. The zero-order valence-electron chi connectivity index (χ0n) is 10.9. The van der Waals surface area contributed by atoms with Crippen LogP contribution < -0.4 is 5.30 Å². The Hall–Kier alpha value is -1.99. The van der Waals surface area contributed by atoms with E-state index in [1.165, 1.54) is 12.1 Å². The molecular formula is C13H11O7PS. The van der Waals surface area contributed by atoms with Gasteiger partial charge in [-0.1, -0.05) is 0 Å². The molecule has 0 fully saturated rings. The molecule has 9 heteroatoms. The molecule has 7 nitrogen and oxygen atoms in total. The zero-order valence-corrected chi connectivity index (χ0v) is 12.7. The fraction of sp³-hybridized carbons (Fsp3) is 0. The average molecular weight is 342 g/mol.